The maximum atomic E-state index is 8.93. The minimum Gasteiger partial charge on any atom is -0.397 e. The van der Waals surface area contributed by atoms with E-state index in [9.17, 15) is 0 Å². The first-order chi connectivity index (χ1) is 8.26. The molecule has 17 heavy (non-hydrogen) atoms. The van der Waals surface area contributed by atoms with Gasteiger partial charge in [-0.3, -0.25) is 0 Å². The molecule has 0 aromatic heterocycles. The highest BCUT2D eigenvalue weighted by atomic mass is 16.5. The van der Waals surface area contributed by atoms with E-state index in [-0.39, 0.29) is 0 Å². The van der Waals surface area contributed by atoms with Crippen LogP contribution in [0.3, 0.4) is 0 Å². The Labute approximate surface area is 101 Å². The molecule has 4 nitrogen and oxygen atoms in total. The van der Waals surface area contributed by atoms with Gasteiger partial charge in [-0.05, 0) is 31.0 Å². The summed E-state index contributed by atoms with van der Waals surface area (Å²) in [6.45, 7) is 1.77. The van der Waals surface area contributed by atoms with Gasteiger partial charge in [0.25, 0.3) is 0 Å². The lowest BCUT2D eigenvalue weighted by molar-refractivity contribution is 0.0305. The van der Waals surface area contributed by atoms with Crippen LogP contribution in [0.1, 0.15) is 18.4 Å². The molecule has 2 unspecified atom stereocenters. The molecule has 2 aliphatic heterocycles. The van der Waals surface area contributed by atoms with Crippen molar-refractivity contribution in [1.82, 2.24) is 0 Å². The summed E-state index contributed by atoms with van der Waals surface area (Å²) in [5, 5.41) is 8.93. The minimum absolute atomic E-state index is 0.332. The summed E-state index contributed by atoms with van der Waals surface area (Å²) in [6.07, 6.45) is 2.94. The van der Waals surface area contributed by atoms with Gasteiger partial charge >= 0.3 is 0 Å². The fourth-order valence-electron chi connectivity index (χ4n) is 2.70. The number of benzene rings is 1. The molecule has 1 aromatic rings. The zero-order valence-electron chi connectivity index (χ0n) is 9.60. The highest BCUT2D eigenvalue weighted by Gasteiger charge is 2.34. The van der Waals surface area contributed by atoms with Crippen LogP contribution in [0, 0.1) is 11.3 Å². The lowest BCUT2D eigenvalue weighted by Crippen LogP contribution is -2.42. The Balaban J connectivity index is 1.91. The molecule has 0 amide bonds. The van der Waals surface area contributed by atoms with E-state index in [2.05, 4.69) is 11.0 Å². The van der Waals surface area contributed by atoms with E-state index in [0.29, 0.717) is 17.8 Å². The van der Waals surface area contributed by atoms with E-state index in [1.165, 1.54) is 0 Å². The number of ether oxygens (including phenoxy) is 1. The molecule has 88 valence electrons. The summed E-state index contributed by atoms with van der Waals surface area (Å²) in [5.74, 6) is 0. The minimum atomic E-state index is 0.332. The lowest BCUT2D eigenvalue weighted by Gasteiger charge is -2.34. The van der Waals surface area contributed by atoms with Gasteiger partial charge in [0, 0.05) is 13.1 Å². The molecule has 3 rings (SSSR count). The highest BCUT2D eigenvalue weighted by Crippen LogP contribution is 2.32. The second kappa shape index (κ2) is 3.94. The topological polar surface area (TPSA) is 62.3 Å². The van der Waals surface area contributed by atoms with E-state index in [1.807, 2.05) is 12.1 Å². The van der Waals surface area contributed by atoms with Crippen molar-refractivity contribution in [3.05, 3.63) is 23.8 Å². The van der Waals surface area contributed by atoms with Gasteiger partial charge in [0.05, 0.1) is 35.2 Å². The van der Waals surface area contributed by atoms with Crippen LogP contribution < -0.4 is 10.6 Å². The molecule has 2 heterocycles. The first-order valence-electron chi connectivity index (χ1n) is 5.96. The average Bonchev–Trinajstić information content (AvgIpc) is 2.69. The zero-order valence-corrected chi connectivity index (χ0v) is 9.60. The monoisotopic (exact) mass is 229 g/mol. The number of nitrogens with two attached hydrogens (primary N) is 1. The third-order valence-electron chi connectivity index (χ3n) is 3.54. The fraction of sp³-hybridized carbons (Fsp3) is 0.462. The van der Waals surface area contributed by atoms with Crippen LogP contribution in [0.4, 0.5) is 11.4 Å². The Bertz CT molecular complexity index is 468. The van der Waals surface area contributed by atoms with Crippen molar-refractivity contribution in [1.29, 1.82) is 5.26 Å². The van der Waals surface area contributed by atoms with Crippen LogP contribution in [-0.2, 0) is 4.74 Å². The Kier molecular flexibility index (Phi) is 2.41. The van der Waals surface area contributed by atoms with Gasteiger partial charge in [-0.15, -0.1) is 0 Å². The molecule has 0 spiro atoms. The van der Waals surface area contributed by atoms with Crippen LogP contribution in [0.5, 0.6) is 0 Å². The van der Waals surface area contributed by atoms with Crippen LogP contribution in [0.25, 0.3) is 0 Å². The Morgan fingerprint density at radius 1 is 1.29 bits per heavy atom. The summed E-state index contributed by atoms with van der Waals surface area (Å²) in [4.78, 5) is 2.25. The maximum absolute atomic E-state index is 8.93. The molecule has 2 N–H and O–H groups in total. The molecular weight excluding hydrogens is 214 g/mol. The number of hydrogen-bond donors (Lipinski definition) is 1. The van der Waals surface area contributed by atoms with Crippen molar-refractivity contribution < 1.29 is 4.74 Å². The summed E-state index contributed by atoms with van der Waals surface area (Å²) in [7, 11) is 0. The molecule has 0 saturated carbocycles. The van der Waals surface area contributed by atoms with Gasteiger partial charge in [0.15, 0.2) is 0 Å². The van der Waals surface area contributed by atoms with Crippen LogP contribution in [0.2, 0.25) is 0 Å². The van der Waals surface area contributed by atoms with E-state index in [4.69, 9.17) is 15.7 Å². The first kappa shape index (κ1) is 10.4. The van der Waals surface area contributed by atoms with Crippen molar-refractivity contribution in [2.75, 3.05) is 23.7 Å². The predicted octanol–water partition coefficient (Wildman–Crippen LogP) is 1.51. The predicted molar refractivity (Wildman–Crippen MR) is 65.7 cm³/mol. The van der Waals surface area contributed by atoms with Crippen LogP contribution in [0.15, 0.2) is 18.2 Å². The molecule has 0 aliphatic carbocycles. The molecule has 0 radical (unpaired) electrons. The van der Waals surface area contributed by atoms with Crippen molar-refractivity contribution in [2.24, 2.45) is 0 Å². The van der Waals surface area contributed by atoms with Gasteiger partial charge in [-0.1, -0.05) is 0 Å². The highest BCUT2D eigenvalue weighted by molar-refractivity contribution is 5.70. The maximum Gasteiger partial charge on any atom is 0.0992 e. The lowest BCUT2D eigenvalue weighted by atomic mass is 10.1. The van der Waals surface area contributed by atoms with Crippen LogP contribution in [-0.4, -0.2) is 25.3 Å². The summed E-state index contributed by atoms with van der Waals surface area (Å²) in [6, 6.07) is 7.60. The number of rotatable bonds is 1. The van der Waals surface area contributed by atoms with Crippen molar-refractivity contribution in [3.63, 3.8) is 0 Å². The summed E-state index contributed by atoms with van der Waals surface area (Å²) >= 11 is 0. The number of nitriles is 1. The number of morpholine rings is 1. The summed E-state index contributed by atoms with van der Waals surface area (Å²) in [5.41, 5.74) is 8.37. The molecular formula is C13H15N3O. The number of anilines is 2. The molecule has 2 atom stereocenters. The standard InChI is InChI=1S/C13H15N3O/c14-6-9-1-4-12(15)13(5-9)16-7-10-2-3-11(8-16)17-10/h1,4-5,10-11H,2-3,7-8,15H2. The van der Waals surface area contributed by atoms with E-state index >= 15 is 0 Å². The SMILES string of the molecule is N#Cc1ccc(N)c(N2CC3CCC(C2)O3)c1. The molecule has 1 aromatic carbocycles. The van der Waals surface area contributed by atoms with E-state index in [0.717, 1.165) is 37.3 Å². The average molecular weight is 229 g/mol. The molecule has 4 heteroatoms. The quantitative estimate of drug-likeness (QED) is 0.741. The van der Waals surface area contributed by atoms with E-state index in [1.54, 1.807) is 6.07 Å². The normalized spacial score (nSPS) is 26.9. The van der Waals surface area contributed by atoms with Crippen molar-refractivity contribution in [3.8, 4) is 6.07 Å². The Hall–Kier alpha value is -1.73. The largest absolute Gasteiger partial charge is 0.397 e. The second-order valence-corrected chi connectivity index (χ2v) is 4.75. The van der Waals surface area contributed by atoms with Gasteiger partial charge < -0.3 is 15.4 Å². The molecule has 2 saturated heterocycles. The third-order valence-corrected chi connectivity index (χ3v) is 3.54. The van der Waals surface area contributed by atoms with Gasteiger partial charge in [-0.25, -0.2) is 0 Å². The smallest absolute Gasteiger partial charge is 0.0992 e. The molecule has 2 bridgehead atoms. The Morgan fingerprint density at radius 3 is 2.65 bits per heavy atom. The van der Waals surface area contributed by atoms with Gasteiger partial charge in [0.1, 0.15) is 0 Å². The van der Waals surface area contributed by atoms with Crippen molar-refractivity contribution in [2.45, 2.75) is 25.0 Å². The summed E-state index contributed by atoms with van der Waals surface area (Å²) < 4.78 is 5.80. The number of hydrogen-bond acceptors (Lipinski definition) is 4. The second-order valence-electron chi connectivity index (χ2n) is 4.75. The fourth-order valence-corrected chi connectivity index (χ4v) is 2.70. The number of fused-ring (bicyclic) bond motifs is 2. The number of nitrogen functional groups attached to an aromatic ring is 1. The van der Waals surface area contributed by atoms with E-state index < -0.39 is 0 Å². The third kappa shape index (κ3) is 1.83. The van der Waals surface area contributed by atoms with Gasteiger partial charge in [0.2, 0.25) is 0 Å². The zero-order chi connectivity index (χ0) is 11.8. The number of nitrogens with zero attached hydrogens (tertiary/aromatic N) is 2. The van der Waals surface area contributed by atoms with Crippen LogP contribution >= 0.6 is 0 Å². The molecule has 2 fully saturated rings. The van der Waals surface area contributed by atoms with Gasteiger partial charge in [-0.2, -0.15) is 5.26 Å². The first-order valence-corrected chi connectivity index (χ1v) is 5.96. The van der Waals surface area contributed by atoms with Crippen molar-refractivity contribution >= 4 is 11.4 Å². The Morgan fingerprint density at radius 2 is 2.00 bits per heavy atom. The molecule has 2 aliphatic rings.